The molecule has 0 aliphatic carbocycles. The van der Waals surface area contributed by atoms with E-state index in [0.29, 0.717) is 16.9 Å². The number of nitrogens with zero attached hydrogens (tertiary/aromatic N) is 2. The molecular weight excluding hydrogens is 272 g/mol. The lowest BCUT2D eigenvalue weighted by Crippen LogP contribution is -1.95. The number of ether oxygens (including phenoxy) is 1. The van der Waals surface area contributed by atoms with Crippen LogP contribution in [0.2, 0.25) is 0 Å². The van der Waals surface area contributed by atoms with Crippen LogP contribution < -0.4 is 4.74 Å². The summed E-state index contributed by atoms with van der Waals surface area (Å²) in [6.07, 6.45) is 0.725. The Morgan fingerprint density at radius 3 is 2.62 bits per heavy atom. The number of rotatable bonds is 4. The van der Waals surface area contributed by atoms with Gasteiger partial charge in [-0.3, -0.25) is 14.9 Å². The maximum absolute atomic E-state index is 11.0. The van der Waals surface area contributed by atoms with Crippen molar-refractivity contribution in [3.8, 4) is 17.6 Å². The van der Waals surface area contributed by atoms with Crippen molar-refractivity contribution < 1.29 is 14.5 Å². The molecule has 0 aliphatic rings. The van der Waals surface area contributed by atoms with Gasteiger partial charge >= 0.3 is 5.69 Å². The van der Waals surface area contributed by atoms with Crippen molar-refractivity contribution in [2.75, 3.05) is 0 Å². The van der Waals surface area contributed by atoms with Crippen molar-refractivity contribution in [2.24, 2.45) is 0 Å². The van der Waals surface area contributed by atoms with Crippen molar-refractivity contribution >= 4 is 12.0 Å². The van der Waals surface area contributed by atoms with E-state index in [9.17, 15) is 14.9 Å². The first-order valence-corrected chi connectivity index (χ1v) is 5.97. The van der Waals surface area contributed by atoms with Gasteiger partial charge in [0.15, 0.2) is 0 Å². The number of hydrogen-bond donors (Lipinski definition) is 0. The molecule has 104 valence electrons. The van der Waals surface area contributed by atoms with Gasteiger partial charge in [0, 0.05) is 11.6 Å². The van der Waals surface area contributed by atoms with Gasteiger partial charge in [-0.2, -0.15) is 5.26 Å². The predicted octanol–water partition coefficient (Wildman–Crippen LogP) is 3.38. The quantitative estimate of drug-likeness (QED) is 0.486. The molecule has 0 fully saturated rings. The molecule has 0 aromatic heterocycles. The van der Waals surface area contributed by atoms with E-state index in [0.717, 1.165) is 12.4 Å². The minimum Gasteiger partial charge on any atom is -0.450 e. The van der Waals surface area contributed by atoms with Crippen molar-refractivity contribution in [2.45, 2.75) is 6.92 Å². The Hall–Kier alpha value is -3.20. The fourth-order valence-electron chi connectivity index (χ4n) is 1.79. The van der Waals surface area contributed by atoms with Gasteiger partial charge in [0.1, 0.15) is 12.0 Å². The number of nitro groups is 1. The highest BCUT2D eigenvalue weighted by Crippen LogP contribution is 2.32. The number of nitro benzene ring substituents is 1. The number of aldehydes is 1. The summed E-state index contributed by atoms with van der Waals surface area (Å²) in [4.78, 5) is 21.2. The molecule has 6 heteroatoms. The summed E-state index contributed by atoms with van der Waals surface area (Å²) in [5.74, 6) is 0.420. The monoisotopic (exact) mass is 282 g/mol. The van der Waals surface area contributed by atoms with Crippen LogP contribution in [0.1, 0.15) is 21.5 Å². The third-order valence-corrected chi connectivity index (χ3v) is 2.88. The van der Waals surface area contributed by atoms with E-state index in [1.54, 1.807) is 25.1 Å². The average Bonchev–Trinajstić information content (AvgIpc) is 2.47. The van der Waals surface area contributed by atoms with Crippen LogP contribution in [0, 0.1) is 28.4 Å². The summed E-state index contributed by atoms with van der Waals surface area (Å²) in [6, 6.07) is 10.6. The van der Waals surface area contributed by atoms with Gasteiger partial charge in [0.05, 0.1) is 16.6 Å². The molecule has 6 nitrogen and oxygen atoms in total. The first-order valence-electron chi connectivity index (χ1n) is 5.97. The summed E-state index contributed by atoms with van der Waals surface area (Å²) >= 11 is 0. The van der Waals surface area contributed by atoms with Crippen molar-refractivity contribution in [1.29, 1.82) is 5.26 Å². The van der Waals surface area contributed by atoms with Gasteiger partial charge in [0.2, 0.25) is 5.75 Å². The molecular formula is C15H10N2O4. The molecule has 0 radical (unpaired) electrons. The molecule has 0 bridgehead atoms. The van der Waals surface area contributed by atoms with E-state index in [2.05, 4.69) is 0 Å². The molecule has 0 N–H and O–H groups in total. The highest BCUT2D eigenvalue weighted by molar-refractivity contribution is 5.77. The van der Waals surface area contributed by atoms with Gasteiger partial charge in [-0.1, -0.05) is 0 Å². The van der Waals surface area contributed by atoms with Crippen LogP contribution in [-0.2, 0) is 0 Å². The minimum absolute atomic E-state index is 0.0391. The topological polar surface area (TPSA) is 93.2 Å². The SMILES string of the molecule is Cc1cc(Oc2ccc(C#N)cc2[N+](=O)[O-])ccc1C=O. The third-order valence-electron chi connectivity index (χ3n) is 2.88. The Morgan fingerprint density at radius 2 is 2.05 bits per heavy atom. The number of nitriles is 1. The lowest BCUT2D eigenvalue weighted by Gasteiger charge is -2.08. The molecule has 2 aromatic carbocycles. The second-order valence-electron chi connectivity index (χ2n) is 4.29. The average molecular weight is 282 g/mol. The first-order chi connectivity index (χ1) is 10.0. The van der Waals surface area contributed by atoms with Crippen molar-refractivity contribution in [3.05, 3.63) is 63.2 Å². The van der Waals surface area contributed by atoms with Crippen molar-refractivity contribution in [3.63, 3.8) is 0 Å². The fraction of sp³-hybridized carbons (Fsp3) is 0.0667. The number of benzene rings is 2. The Kier molecular flexibility index (Phi) is 3.95. The number of carbonyl (C=O) groups excluding carboxylic acids is 1. The lowest BCUT2D eigenvalue weighted by atomic mass is 10.1. The molecule has 0 atom stereocenters. The zero-order valence-corrected chi connectivity index (χ0v) is 11.1. The summed E-state index contributed by atoms with van der Waals surface area (Å²) < 4.78 is 5.48. The van der Waals surface area contributed by atoms with Crippen LogP contribution in [0.5, 0.6) is 11.5 Å². The summed E-state index contributed by atoms with van der Waals surface area (Å²) in [5.41, 5.74) is 1.13. The standard InChI is InChI=1S/C15H10N2O4/c1-10-6-13(4-3-12(10)9-18)21-15-5-2-11(8-16)7-14(15)17(19)20/h2-7,9H,1H3. The molecule has 0 saturated heterocycles. The number of carbonyl (C=O) groups is 1. The molecule has 0 unspecified atom stereocenters. The van der Waals surface area contributed by atoms with E-state index in [1.165, 1.54) is 12.1 Å². The molecule has 0 saturated carbocycles. The molecule has 0 heterocycles. The third kappa shape index (κ3) is 3.04. The fourth-order valence-corrected chi connectivity index (χ4v) is 1.79. The second kappa shape index (κ2) is 5.84. The molecule has 0 spiro atoms. The van der Waals surface area contributed by atoms with E-state index < -0.39 is 4.92 Å². The van der Waals surface area contributed by atoms with E-state index in [-0.39, 0.29) is 17.0 Å². The molecule has 2 rings (SSSR count). The summed E-state index contributed by atoms with van der Waals surface area (Å²) in [7, 11) is 0. The maximum Gasteiger partial charge on any atom is 0.312 e. The van der Waals surface area contributed by atoms with E-state index in [4.69, 9.17) is 10.00 Å². The zero-order chi connectivity index (χ0) is 15.4. The van der Waals surface area contributed by atoms with Crippen molar-refractivity contribution in [1.82, 2.24) is 0 Å². The van der Waals surface area contributed by atoms with Gasteiger partial charge in [-0.25, -0.2) is 0 Å². The van der Waals surface area contributed by atoms with Gasteiger partial charge in [-0.15, -0.1) is 0 Å². The number of aryl methyl sites for hydroxylation is 1. The second-order valence-corrected chi connectivity index (χ2v) is 4.29. The number of hydrogen-bond acceptors (Lipinski definition) is 5. The smallest absolute Gasteiger partial charge is 0.312 e. The zero-order valence-electron chi connectivity index (χ0n) is 11.1. The minimum atomic E-state index is -0.608. The molecule has 2 aromatic rings. The molecule has 0 aliphatic heterocycles. The van der Waals surface area contributed by atoms with Gasteiger partial charge < -0.3 is 4.74 Å². The highest BCUT2D eigenvalue weighted by atomic mass is 16.6. The Bertz CT molecular complexity index is 763. The van der Waals surface area contributed by atoms with Crippen LogP contribution in [0.4, 0.5) is 5.69 Å². The first kappa shape index (κ1) is 14.2. The van der Waals surface area contributed by atoms with Crippen LogP contribution in [0.25, 0.3) is 0 Å². The van der Waals surface area contributed by atoms with E-state index >= 15 is 0 Å². The normalized spacial score (nSPS) is 9.71. The van der Waals surface area contributed by atoms with Crippen LogP contribution in [0.15, 0.2) is 36.4 Å². The summed E-state index contributed by atoms with van der Waals surface area (Å²) in [6.45, 7) is 1.74. The largest absolute Gasteiger partial charge is 0.450 e. The Balaban J connectivity index is 2.39. The van der Waals surface area contributed by atoms with Crippen LogP contribution in [-0.4, -0.2) is 11.2 Å². The molecule has 0 amide bonds. The van der Waals surface area contributed by atoms with Gasteiger partial charge in [-0.05, 0) is 42.8 Å². The predicted molar refractivity (Wildman–Crippen MR) is 74.5 cm³/mol. The van der Waals surface area contributed by atoms with Crippen LogP contribution >= 0.6 is 0 Å². The molecule has 21 heavy (non-hydrogen) atoms. The maximum atomic E-state index is 11.0. The lowest BCUT2D eigenvalue weighted by molar-refractivity contribution is -0.385. The Labute approximate surface area is 120 Å². The van der Waals surface area contributed by atoms with Gasteiger partial charge in [0.25, 0.3) is 0 Å². The van der Waals surface area contributed by atoms with Crippen LogP contribution in [0.3, 0.4) is 0 Å². The Morgan fingerprint density at radius 1 is 1.29 bits per heavy atom. The highest BCUT2D eigenvalue weighted by Gasteiger charge is 2.17. The van der Waals surface area contributed by atoms with E-state index in [1.807, 2.05) is 6.07 Å². The summed E-state index contributed by atoms with van der Waals surface area (Å²) in [5, 5.41) is 19.8.